The molecule has 0 amide bonds. The van der Waals surface area contributed by atoms with Gasteiger partial charge in [0.2, 0.25) is 6.05 Å². The molecule has 2 nitrogen and oxygen atoms in total. The van der Waals surface area contributed by atoms with Gasteiger partial charge in [-0.25, -0.2) is 13.6 Å². The first-order chi connectivity index (χ1) is 6.66. The van der Waals surface area contributed by atoms with Gasteiger partial charge in [-0.3, -0.25) is 0 Å². The highest BCUT2D eigenvalue weighted by Gasteiger charge is 2.02. The van der Waals surface area contributed by atoms with Gasteiger partial charge >= 0.3 is 5.97 Å². The highest BCUT2D eigenvalue weighted by Crippen LogP contribution is 2.03. The van der Waals surface area contributed by atoms with Crippen molar-refractivity contribution in [3.05, 3.63) is 12.7 Å². The van der Waals surface area contributed by atoms with Crippen molar-refractivity contribution >= 4 is 15.5 Å². The van der Waals surface area contributed by atoms with Gasteiger partial charge in [0, 0.05) is 6.08 Å². The average Bonchev–Trinajstić information content (AvgIpc) is 2.15. The zero-order chi connectivity index (χ0) is 10.8. The summed E-state index contributed by atoms with van der Waals surface area (Å²) >= 11 is 0. The van der Waals surface area contributed by atoms with Crippen LogP contribution in [0, 0.1) is 0 Å². The Morgan fingerprint density at radius 1 is 1.43 bits per heavy atom. The number of unbranched alkanes of at least 4 members (excludes halogenated alkanes) is 2. The number of rotatable bonds is 8. The highest BCUT2D eigenvalue weighted by atomic mass is 28.2. The SMILES string of the molecule is C=CC(=O)OCCCCC[SiH2]C(F)F. The molecule has 0 aliphatic carbocycles. The van der Waals surface area contributed by atoms with Crippen molar-refractivity contribution in [3.63, 3.8) is 0 Å². The van der Waals surface area contributed by atoms with E-state index in [-0.39, 0.29) is 0 Å². The lowest BCUT2D eigenvalue weighted by molar-refractivity contribution is -0.137. The van der Waals surface area contributed by atoms with Gasteiger partial charge in [0.1, 0.15) is 9.52 Å². The molecule has 0 radical (unpaired) electrons. The van der Waals surface area contributed by atoms with Gasteiger partial charge in [-0.1, -0.05) is 25.5 Å². The van der Waals surface area contributed by atoms with Crippen molar-refractivity contribution in [2.24, 2.45) is 0 Å². The van der Waals surface area contributed by atoms with Crippen molar-refractivity contribution < 1.29 is 18.3 Å². The summed E-state index contributed by atoms with van der Waals surface area (Å²) in [6, 6.07) is -1.39. The van der Waals surface area contributed by atoms with Gasteiger partial charge in [0.15, 0.2) is 0 Å². The number of esters is 1. The molecule has 0 heterocycles. The van der Waals surface area contributed by atoms with Gasteiger partial charge in [-0.2, -0.15) is 0 Å². The quantitative estimate of drug-likeness (QED) is 0.270. The smallest absolute Gasteiger partial charge is 0.330 e. The fraction of sp³-hybridized carbons (Fsp3) is 0.667. The summed E-state index contributed by atoms with van der Waals surface area (Å²) in [4.78, 5) is 10.6. The molecule has 0 atom stereocenters. The molecule has 0 aliphatic heterocycles. The molecule has 0 bridgehead atoms. The molecule has 0 unspecified atom stereocenters. The van der Waals surface area contributed by atoms with Crippen molar-refractivity contribution in [3.8, 4) is 0 Å². The van der Waals surface area contributed by atoms with Crippen molar-refractivity contribution in [2.75, 3.05) is 6.61 Å². The van der Waals surface area contributed by atoms with E-state index in [0.717, 1.165) is 25.3 Å². The Morgan fingerprint density at radius 2 is 2.14 bits per heavy atom. The molecule has 0 saturated carbocycles. The molecule has 5 heteroatoms. The molecule has 0 saturated heterocycles. The summed E-state index contributed by atoms with van der Waals surface area (Å²) in [6.07, 6.45) is 3.53. The zero-order valence-corrected chi connectivity index (χ0v) is 9.59. The van der Waals surface area contributed by atoms with Crippen LogP contribution in [-0.4, -0.2) is 28.1 Å². The Bertz CT molecular complexity index is 174. The Balaban J connectivity index is 3.06. The lowest BCUT2D eigenvalue weighted by atomic mass is 10.3. The summed E-state index contributed by atoms with van der Waals surface area (Å²) < 4.78 is 28.2. The van der Waals surface area contributed by atoms with Crippen LogP contribution in [0.1, 0.15) is 19.3 Å². The maximum Gasteiger partial charge on any atom is 0.330 e. The fourth-order valence-electron chi connectivity index (χ4n) is 0.986. The van der Waals surface area contributed by atoms with E-state index in [0.29, 0.717) is 12.7 Å². The number of hydrogen-bond donors (Lipinski definition) is 0. The standard InChI is InChI=1S/C9H16F2O2Si/c1-2-8(12)13-6-4-3-5-7-14-9(10)11/h2,9H,1,3-7,14H2. The topological polar surface area (TPSA) is 26.3 Å². The lowest BCUT2D eigenvalue weighted by Crippen LogP contribution is -2.04. The third kappa shape index (κ3) is 9.38. The predicted octanol–water partition coefficient (Wildman–Crippen LogP) is 1.70. The molecule has 0 aliphatic rings. The van der Waals surface area contributed by atoms with Crippen LogP contribution in [0.25, 0.3) is 0 Å². The van der Waals surface area contributed by atoms with Crippen molar-refractivity contribution in [2.45, 2.75) is 31.4 Å². The van der Waals surface area contributed by atoms with Crippen LogP contribution in [0.2, 0.25) is 6.04 Å². The van der Waals surface area contributed by atoms with E-state index in [4.69, 9.17) is 4.74 Å². The van der Waals surface area contributed by atoms with Crippen LogP contribution in [0.3, 0.4) is 0 Å². The summed E-state index contributed by atoms with van der Waals surface area (Å²) in [5, 5.41) is 0. The molecule has 0 aromatic heterocycles. The lowest BCUT2D eigenvalue weighted by Gasteiger charge is -2.01. The van der Waals surface area contributed by atoms with Crippen LogP contribution in [0.4, 0.5) is 8.78 Å². The van der Waals surface area contributed by atoms with Gasteiger partial charge in [-0.05, 0) is 6.42 Å². The summed E-state index contributed by atoms with van der Waals surface area (Å²) in [7, 11) is -1.17. The molecule has 0 N–H and O–H groups in total. The van der Waals surface area contributed by atoms with Gasteiger partial charge in [0.25, 0.3) is 0 Å². The third-order valence-electron chi connectivity index (χ3n) is 1.73. The second-order valence-corrected chi connectivity index (χ2v) is 4.87. The van der Waals surface area contributed by atoms with Crippen LogP contribution >= 0.6 is 0 Å². The van der Waals surface area contributed by atoms with E-state index in [1.807, 2.05) is 0 Å². The molecule has 82 valence electrons. The maximum atomic E-state index is 11.7. The second kappa shape index (κ2) is 8.87. The molecule has 14 heavy (non-hydrogen) atoms. The predicted molar refractivity (Wildman–Crippen MR) is 54.4 cm³/mol. The number of halogens is 2. The first-order valence-electron chi connectivity index (χ1n) is 4.74. The van der Waals surface area contributed by atoms with Gasteiger partial charge < -0.3 is 4.74 Å². The van der Waals surface area contributed by atoms with Crippen LogP contribution < -0.4 is 0 Å². The molecule has 0 rings (SSSR count). The van der Waals surface area contributed by atoms with Crippen LogP contribution in [0.5, 0.6) is 0 Å². The number of alkyl halides is 2. The van der Waals surface area contributed by atoms with E-state index in [1.165, 1.54) is 0 Å². The van der Waals surface area contributed by atoms with Crippen LogP contribution in [-0.2, 0) is 9.53 Å². The summed E-state index contributed by atoms with van der Waals surface area (Å²) in [5.41, 5.74) is 0. The van der Waals surface area contributed by atoms with E-state index >= 15 is 0 Å². The molecule has 0 aromatic rings. The number of carbonyl (C=O) groups excluding carboxylic acids is 1. The zero-order valence-electron chi connectivity index (χ0n) is 8.18. The minimum atomic E-state index is -2.06. The normalized spacial score (nSPS) is 11.1. The minimum Gasteiger partial charge on any atom is -0.463 e. The van der Waals surface area contributed by atoms with E-state index in [2.05, 4.69) is 6.58 Å². The monoisotopic (exact) mass is 222 g/mol. The van der Waals surface area contributed by atoms with Gasteiger partial charge in [0.05, 0.1) is 6.61 Å². The van der Waals surface area contributed by atoms with Crippen molar-refractivity contribution in [1.29, 1.82) is 0 Å². The Hall–Kier alpha value is -0.713. The van der Waals surface area contributed by atoms with Crippen molar-refractivity contribution in [1.82, 2.24) is 0 Å². The van der Waals surface area contributed by atoms with E-state index in [9.17, 15) is 13.6 Å². The first kappa shape index (κ1) is 13.3. The molecule has 0 aromatic carbocycles. The Labute approximate surface area is 85.1 Å². The van der Waals surface area contributed by atoms with E-state index < -0.39 is 21.5 Å². The van der Waals surface area contributed by atoms with E-state index in [1.54, 1.807) is 0 Å². The molecule has 0 spiro atoms. The maximum absolute atomic E-state index is 11.7. The number of carbonyl (C=O) groups is 1. The fourth-order valence-corrected chi connectivity index (χ4v) is 1.94. The largest absolute Gasteiger partial charge is 0.463 e. The molecular weight excluding hydrogens is 206 g/mol. The first-order valence-corrected chi connectivity index (χ1v) is 6.56. The number of ether oxygens (including phenoxy) is 1. The Morgan fingerprint density at radius 3 is 2.71 bits per heavy atom. The third-order valence-corrected chi connectivity index (χ3v) is 3.07. The average molecular weight is 222 g/mol. The Kier molecular flexibility index (Phi) is 8.41. The molecular formula is C9H16F2O2Si. The number of hydrogen-bond acceptors (Lipinski definition) is 2. The summed E-state index contributed by atoms with van der Waals surface area (Å²) in [5.74, 6) is -0.424. The highest BCUT2D eigenvalue weighted by molar-refractivity contribution is 6.36. The molecule has 0 fully saturated rings. The second-order valence-electron chi connectivity index (χ2n) is 2.97. The van der Waals surface area contributed by atoms with Gasteiger partial charge in [-0.15, -0.1) is 0 Å². The minimum absolute atomic E-state index is 0.362. The van der Waals surface area contributed by atoms with Crippen LogP contribution in [0.15, 0.2) is 12.7 Å². The summed E-state index contributed by atoms with van der Waals surface area (Å²) in [6.45, 7) is 3.62.